The van der Waals surface area contributed by atoms with Crippen molar-refractivity contribution in [3.63, 3.8) is 0 Å². The number of hydrogen-bond acceptors (Lipinski definition) is 7. The Morgan fingerprint density at radius 3 is 2.78 bits per heavy atom. The average molecular weight is 528 g/mol. The van der Waals surface area contributed by atoms with Crippen LogP contribution in [0.15, 0.2) is 47.6 Å². The Hall–Kier alpha value is -3.31. The van der Waals surface area contributed by atoms with Gasteiger partial charge in [-0.25, -0.2) is 13.4 Å². The minimum Gasteiger partial charge on any atom is -0.481 e. The summed E-state index contributed by atoms with van der Waals surface area (Å²) in [5, 5.41) is 17.8. The van der Waals surface area contributed by atoms with Crippen molar-refractivity contribution < 1.29 is 23.1 Å². The highest BCUT2D eigenvalue weighted by Gasteiger charge is 2.35. The second kappa shape index (κ2) is 11.4. The highest BCUT2D eigenvalue weighted by Crippen LogP contribution is 2.32. The van der Waals surface area contributed by atoms with Gasteiger partial charge in [-0.2, -0.15) is 4.31 Å². The van der Waals surface area contributed by atoms with E-state index in [9.17, 15) is 18.3 Å². The van der Waals surface area contributed by atoms with Crippen LogP contribution in [0.4, 0.5) is 0 Å². The molecule has 2 atom stereocenters. The van der Waals surface area contributed by atoms with E-state index >= 15 is 0 Å². The third-order valence-electron chi connectivity index (χ3n) is 6.77. The lowest BCUT2D eigenvalue weighted by atomic mass is 9.88. The Morgan fingerprint density at radius 2 is 2.08 bits per heavy atom. The van der Waals surface area contributed by atoms with Crippen molar-refractivity contribution in [1.29, 1.82) is 0 Å². The molecular formula is C26H33N5O5S. The van der Waals surface area contributed by atoms with Gasteiger partial charge in [0.1, 0.15) is 11.0 Å². The van der Waals surface area contributed by atoms with Crippen LogP contribution in [0.1, 0.15) is 61.4 Å². The molecule has 0 bridgehead atoms. The Labute approximate surface area is 217 Å². The van der Waals surface area contributed by atoms with Crippen LogP contribution in [0.2, 0.25) is 0 Å². The quantitative estimate of drug-likeness (QED) is 0.424. The summed E-state index contributed by atoms with van der Waals surface area (Å²) in [6.07, 6.45) is 4.86. The minimum absolute atomic E-state index is 0.0305. The normalized spacial score (nSPS) is 18.0. The molecule has 0 amide bonds. The molecule has 0 fully saturated rings. The van der Waals surface area contributed by atoms with E-state index in [0.29, 0.717) is 19.3 Å². The van der Waals surface area contributed by atoms with Gasteiger partial charge in [-0.3, -0.25) is 9.48 Å². The number of ether oxygens (including phenoxy) is 1. The van der Waals surface area contributed by atoms with E-state index in [4.69, 9.17) is 4.74 Å². The highest BCUT2D eigenvalue weighted by molar-refractivity contribution is 7.89. The lowest BCUT2D eigenvalue weighted by Crippen LogP contribution is -2.36. The number of aryl methyl sites for hydroxylation is 3. The van der Waals surface area contributed by atoms with Crippen LogP contribution in [-0.4, -0.2) is 56.4 Å². The van der Waals surface area contributed by atoms with Crippen LogP contribution < -0.4 is 4.74 Å². The summed E-state index contributed by atoms with van der Waals surface area (Å²) < 4.78 is 36.2. The summed E-state index contributed by atoms with van der Waals surface area (Å²) in [6, 6.07) is 8.91. The molecule has 10 nitrogen and oxygen atoms in total. The first-order valence-corrected chi connectivity index (χ1v) is 14.0. The fourth-order valence-corrected chi connectivity index (χ4v) is 6.04. The van der Waals surface area contributed by atoms with Crippen molar-refractivity contribution in [3.05, 3.63) is 65.1 Å². The van der Waals surface area contributed by atoms with Gasteiger partial charge in [-0.1, -0.05) is 30.3 Å². The number of pyridine rings is 1. The fourth-order valence-electron chi connectivity index (χ4n) is 4.52. The summed E-state index contributed by atoms with van der Waals surface area (Å²) in [4.78, 5) is 15.9. The number of nitrogens with zero attached hydrogens (tertiary/aromatic N) is 5. The summed E-state index contributed by atoms with van der Waals surface area (Å²) in [5.74, 6) is -1.00. The van der Waals surface area contributed by atoms with Gasteiger partial charge >= 0.3 is 5.97 Å². The van der Waals surface area contributed by atoms with Gasteiger partial charge in [-0.05, 0) is 67.9 Å². The molecule has 4 rings (SSSR count). The van der Waals surface area contributed by atoms with Gasteiger partial charge in [0.15, 0.2) is 0 Å². The number of aliphatic carboxylic acids is 1. The first kappa shape index (κ1) is 26.7. The molecular weight excluding hydrogens is 494 g/mol. The Balaban J connectivity index is 1.61. The molecule has 1 aromatic carbocycles. The third-order valence-corrected chi connectivity index (χ3v) is 8.59. The van der Waals surface area contributed by atoms with E-state index in [0.717, 1.165) is 28.9 Å². The van der Waals surface area contributed by atoms with E-state index in [-0.39, 0.29) is 42.3 Å². The van der Waals surface area contributed by atoms with Crippen molar-refractivity contribution >= 4 is 16.0 Å². The van der Waals surface area contributed by atoms with Crippen molar-refractivity contribution in [1.82, 2.24) is 24.3 Å². The molecule has 0 saturated carbocycles. The molecule has 11 heteroatoms. The van der Waals surface area contributed by atoms with Crippen molar-refractivity contribution in [2.24, 2.45) is 0 Å². The molecule has 2 aromatic heterocycles. The largest absolute Gasteiger partial charge is 0.481 e. The second-order valence-electron chi connectivity index (χ2n) is 9.34. The van der Waals surface area contributed by atoms with Crippen molar-refractivity contribution in [2.45, 2.75) is 76.5 Å². The molecule has 0 radical (unpaired) electrons. The van der Waals surface area contributed by atoms with Gasteiger partial charge < -0.3 is 9.84 Å². The lowest BCUT2D eigenvalue weighted by molar-refractivity contribution is -0.137. The Bertz CT molecular complexity index is 1360. The number of carboxylic acids is 1. The summed E-state index contributed by atoms with van der Waals surface area (Å²) >= 11 is 0. The van der Waals surface area contributed by atoms with E-state index < -0.39 is 16.0 Å². The van der Waals surface area contributed by atoms with Crippen LogP contribution in [-0.2, 0) is 34.3 Å². The summed E-state index contributed by atoms with van der Waals surface area (Å²) in [5.41, 5.74) is 3.45. The van der Waals surface area contributed by atoms with E-state index in [2.05, 4.69) is 15.3 Å². The SMILES string of the molecule is CCC1CN(Cc2cc(C(CCc3cn(CC)nn3)CC(=O)O)ccc2C)S(=O)(=O)c2cccnc2O1. The molecule has 2 unspecified atom stereocenters. The number of sulfonamides is 1. The van der Waals surface area contributed by atoms with Crippen molar-refractivity contribution in [3.8, 4) is 5.88 Å². The van der Waals surface area contributed by atoms with Gasteiger partial charge in [0, 0.05) is 25.5 Å². The monoisotopic (exact) mass is 527 g/mol. The van der Waals surface area contributed by atoms with E-state index in [1.807, 2.05) is 45.2 Å². The first-order chi connectivity index (χ1) is 17.7. The smallest absolute Gasteiger partial charge is 0.303 e. The maximum atomic E-state index is 13.6. The molecule has 198 valence electrons. The molecule has 37 heavy (non-hydrogen) atoms. The topological polar surface area (TPSA) is 128 Å². The molecule has 0 aliphatic carbocycles. The molecule has 1 aliphatic rings. The maximum Gasteiger partial charge on any atom is 0.303 e. The molecule has 3 aromatic rings. The number of benzene rings is 1. The summed E-state index contributed by atoms with van der Waals surface area (Å²) in [7, 11) is -3.84. The molecule has 1 N–H and O–H groups in total. The molecule has 3 heterocycles. The average Bonchev–Trinajstić information content (AvgIpc) is 3.31. The molecule has 0 spiro atoms. The fraction of sp³-hybridized carbons (Fsp3) is 0.462. The van der Waals surface area contributed by atoms with Gasteiger partial charge in [0.2, 0.25) is 15.9 Å². The van der Waals surface area contributed by atoms with E-state index in [1.54, 1.807) is 10.7 Å². The van der Waals surface area contributed by atoms with Crippen molar-refractivity contribution in [2.75, 3.05) is 6.54 Å². The maximum absolute atomic E-state index is 13.6. The zero-order chi connectivity index (χ0) is 26.6. The van der Waals surface area contributed by atoms with Gasteiger partial charge in [0.25, 0.3) is 0 Å². The van der Waals surface area contributed by atoms with Crippen LogP contribution in [0, 0.1) is 6.92 Å². The Kier molecular flexibility index (Phi) is 8.23. The summed E-state index contributed by atoms with van der Waals surface area (Å²) in [6.45, 7) is 6.93. The number of fused-ring (bicyclic) bond motifs is 1. The zero-order valence-electron chi connectivity index (χ0n) is 21.4. The number of carbonyl (C=O) groups is 1. The number of hydrogen-bond donors (Lipinski definition) is 1. The van der Waals surface area contributed by atoms with Crippen LogP contribution >= 0.6 is 0 Å². The second-order valence-corrected chi connectivity index (χ2v) is 11.2. The standard InChI is InChI=1S/C26H33N5O5S/c1-4-23-17-31(37(34,35)24-7-6-12-27-26(24)36-23)15-21-13-19(9-8-18(21)3)20(14-25(32)33)10-11-22-16-30(5-2)29-28-22/h6-9,12-13,16,20,23H,4-5,10-11,14-15,17H2,1-3H3,(H,32,33). The minimum atomic E-state index is -3.84. The number of rotatable bonds is 10. The van der Waals surface area contributed by atoms with Crippen LogP contribution in [0.5, 0.6) is 5.88 Å². The Morgan fingerprint density at radius 1 is 1.27 bits per heavy atom. The predicted molar refractivity (Wildman–Crippen MR) is 137 cm³/mol. The van der Waals surface area contributed by atoms with Crippen LogP contribution in [0.3, 0.4) is 0 Å². The first-order valence-electron chi connectivity index (χ1n) is 12.5. The zero-order valence-corrected chi connectivity index (χ0v) is 22.2. The lowest BCUT2D eigenvalue weighted by Gasteiger charge is -2.24. The van der Waals surface area contributed by atoms with Crippen LogP contribution in [0.25, 0.3) is 0 Å². The van der Waals surface area contributed by atoms with Gasteiger partial charge in [0.05, 0.1) is 18.7 Å². The highest BCUT2D eigenvalue weighted by atomic mass is 32.2. The third kappa shape index (κ3) is 6.16. The number of carboxylic acid groups (broad SMARTS) is 1. The predicted octanol–water partition coefficient (Wildman–Crippen LogP) is 3.55. The number of aromatic nitrogens is 4. The molecule has 0 saturated heterocycles. The van der Waals surface area contributed by atoms with Gasteiger partial charge in [-0.15, -0.1) is 5.10 Å². The van der Waals surface area contributed by atoms with E-state index in [1.165, 1.54) is 16.6 Å². The molecule has 1 aliphatic heterocycles.